The summed E-state index contributed by atoms with van der Waals surface area (Å²) >= 11 is 0. The monoisotopic (exact) mass is 314 g/mol. The van der Waals surface area contributed by atoms with E-state index in [1.54, 1.807) is 18.2 Å². The molecule has 0 saturated heterocycles. The van der Waals surface area contributed by atoms with Crippen molar-refractivity contribution in [1.82, 2.24) is 0 Å². The number of hydrogen-bond acceptors (Lipinski definition) is 3. The fraction of sp³-hybridized carbons (Fsp3) is 0.176. The summed E-state index contributed by atoms with van der Waals surface area (Å²) in [5.41, 5.74) is 1.95. The van der Waals surface area contributed by atoms with E-state index >= 15 is 0 Å². The van der Waals surface area contributed by atoms with Crippen molar-refractivity contribution in [3.63, 3.8) is 0 Å². The molecular formula is C17H15FN2O3. The number of carbonyl (C=O) groups excluding carboxylic acids is 2. The molecular weight excluding hydrogens is 299 g/mol. The standard InChI is InChI=1S/C17H15FN2O3/c18-12-2-1-3-13(9-12)19-16(21)7-5-11-4-6-15-14(8-11)20-17(22)10-23-15/h1-4,6,8-9H,5,7,10H2,(H,19,21)(H,20,22). The predicted octanol–water partition coefficient (Wildman–Crippen LogP) is 2.73. The van der Waals surface area contributed by atoms with Gasteiger partial charge in [0, 0.05) is 12.1 Å². The number of carbonyl (C=O) groups is 2. The zero-order chi connectivity index (χ0) is 16.2. The molecule has 0 radical (unpaired) electrons. The van der Waals surface area contributed by atoms with E-state index in [9.17, 15) is 14.0 Å². The second-order valence-electron chi connectivity index (χ2n) is 5.23. The fourth-order valence-corrected chi connectivity index (χ4v) is 2.33. The van der Waals surface area contributed by atoms with Crippen molar-refractivity contribution in [3.05, 3.63) is 53.8 Å². The van der Waals surface area contributed by atoms with Crippen molar-refractivity contribution in [3.8, 4) is 5.75 Å². The van der Waals surface area contributed by atoms with Crippen LogP contribution in [0.4, 0.5) is 15.8 Å². The van der Waals surface area contributed by atoms with Gasteiger partial charge < -0.3 is 15.4 Å². The molecule has 2 amide bonds. The Morgan fingerprint density at radius 3 is 2.96 bits per heavy atom. The van der Waals surface area contributed by atoms with E-state index in [1.165, 1.54) is 18.2 Å². The van der Waals surface area contributed by atoms with Gasteiger partial charge in [0.2, 0.25) is 5.91 Å². The molecule has 5 nitrogen and oxygen atoms in total. The largest absolute Gasteiger partial charge is 0.482 e. The number of amides is 2. The van der Waals surface area contributed by atoms with E-state index in [-0.39, 0.29) is 24.8 Å². The number of benzene rings is 2. The second kappa shape index (κ2) is 6.48. The molecule has 2 aromatic carbocycles. The van der Waals surface area contributed by atoms with Gasteiger partial charge in [-0.25, -0.2) is 4.39 Å². The fourth-order valence-electron chi connectivity index (χ4n) is 2.33. The van der Waals surface area contributed by atoms with Gasteiger partial charge in [0.25, 0.3) is 5.91 Å². The molecule has 0 unspecified atom stereocenters. The number of halogens is 1. The highest BCUT2D eigenvalue weighted by molar-refractivity contribution is 5.95. The number of ether oxygens (including phenoxy) is 1. The van der Waals surface area contributed by atoms with Crippen molar-refractivity contribution < 1.29 is 18.7 Å². The van der Waals surface area contributed by atoms with Crippen LogP contribution in [-0.2, 0) is 16.0 Å². The Kier molecular flexibility index (Phi) is 4.23. The van der Waals surface area contributed by atoms with Crippen LogP contribution in [0.5, 0.6) is 5.75 Å². The highest BCUT2D eigenvalue weighted by Gasteiger charge is 2.16. The third-order valence-corrected chi connectivity index (χ3v) is 3.43. The smallest absolute Gasteiger partial charge is 0.262 e. The maximum Gasteiger partial charge on any atom is 0.262 e. The lowest BCUT2D eigenvalue weighted by molar-refractivity contribution is -0.118. The number of hydrogen-bond donors (Lipinski definition) is 2. The number of nitrogens with one attached hydrogen (secondary N) is 2. The minimum absolute atomic E-state index is 0.0163. The highest BCUT2D eigenvalue weighted by atomic mass is 19.1. The first-order chi connectivity index (χ1) is 11.1. The molecule has 0 bridgehead atoms. The number of aryl methyl sites for hydroxylation is 1. The lowest BCUT2D eigenvalue weighted by atomic mass is 10.1. The van der Waals surface area contributed by atoms with E-state index in [2.05, 4.69) is 10.6 Å². The van der Waals surface area contributed by atoms with Crippen LogP contribution in [0.3, 0.4) is 0 Å². The third kappa shape index (κ3) is 3.85. The summed E-state index contributed by atoms with van der Waals surface area (Å²) in [7, 11) is 0. The van der Waals surface area contributed by atoms with Crippen molar-refractivity contribution >= 4 is 23.2 Å². The summed E-state index contributed by atoms with van der Waals surface area (Å²) < 4.78 is 18.3. The van der Waals surface area contributed by atoms with Gasteiger partial charge in [-0.05, 0) is 42.3 Å². The normalized spacial score (nSPS) is 12.8. The van der Waals surface area contributed by atoms with Crippen LogP contribution in [0.25, 0.3) is 0 Å². The van der Waals surface area contributed by atoms with Gasteiger partial charge in [-0.1, -0.05) is 12.1 Å². The molecule has 3 rings (SSSR count). The van der Waals surface area contributed by atoms with Crippen molar-refractivity contribution in [2.45, 2.75) is 12.8 Å². The van der Waals surface area contributed by atoms with Crippen LogP contribution < -0.4 is 15.4 Å². The average molecular weight is 314 g/mol. The number of rotatable bonds is 4. The summed E-state index contributed by atoms with van der Waals surface area (Å²) in [5, 5.41) is 5.38. The van der Waals surface area contributed by atoms with Gasteiger partial charge in [0.05, 0.1) is 5.69 Å². The van der Waals surface area contributed by atoms with Crippen LogP contribution in [0, 0.1) is 5.82 Å². The summed E-state index contributed by atoms with van der Waals surface area (Å²) in [6.07, 6.45) is 0.758. The molecule has 1 aliphatic heterocycles. The van der Waals surface area contributed by atoms with Crippen molar-refractivity contribution in [2.75, 3.05) is 17.2 Å². The van der Waals surface area contributed by atoms with Gasteiger partial charge in [-0.2, -0.15) is 0 Å². The molecule has 0 aromatic heterocycles. The number of fused-ring (bicyclic) bond motifs is 1. The molecule has 23 heavy (non-hydrogen) atoms. The predicted molar refractivity (Wildman–Crippen MR) is 83.9 cm³/mol. The molecule has 0 aliphatic carbocycles. The molecule has 0 fully saturated rings. The van der Waals surface area contributed by atoms with Gasteiger partial charge in [0.1, 0.15) is 11.6 Å². The van der Waals surface area contributed by atoms with Crippen LogP contribution in [0.1, 0.15) is 12.0 Å². The molecule has 1 heterocycles. The van der Waals surface area contributed by atoms with E-state index in [0.29, 0.717) is 23.5 Å². The van der Waals surface area contributed by atoms with Crippen molar-refractivity contribution in [1.29, 1.82) is 0 Å². The van der Waals surface area contributed by atoms with E-state index in [1.807, 2.05) is 6.07 Å². The first kappa shape index (κ1) is 15.0. The summed E-state index contributed by atoms with van der Waals surface area (Å²) in [6, 6.07) is 11.2. The van der Waals surface area contributed by atoms with Crippen molar-refractivity contribution in [2.24, 2.45) is 0 Å². The molecule has 0 spiro atoms. The van der Waals surface area contributed by atoms with Gasteiger partial charge in [0.15, 0.2) is 6.61 Å². The molecule has 6 heteroatoms. The van der Waals surface area contributed by atoms with E-state index in [4.69, 9.17) is 4.74 Å². The lowest BCUT2D eigenvalue weighted by Crippen LogP contribution is -2.25. The van der Waals surface area contributed by atoms with Crippen LogP contribution in [-0.4, -0.2) is 18.4 Å². The first-order valence-corrected chi connectivity index (χ1v) is 7.21. The summed E-state index contributed by atoms with van der Waals surface area (Å²) in [5.74, 6) is -0.169. The minimum atomic E-state index is -0.395. The Morgan fingerprint density at radius 1 is 1.26 bits per heavy atom. The van der Waals surface area contributed by atoms with Gasteiger partial charge in [-0.3, -0.25) is 9.59 Å². The molecule has 2 N–H and O–H groups in total. The third-order valence-electron chi connectivity index (χ3n) is 3.43. The Bertz CT molecular complexity index is 761. The molecule has 2 aromatic rings. The number of anilines is 2. The van der Waals surface area contributed by atoms with Gasteiger partial charge in [-0.15, -0.1) is 0 Å². The quantitative estimate of drug-likeness (QED) is 0.912. The molecule has 0 saturated carbocycles. The van der Waals surface area contributed by atoms with Crippen LogP contribution in [0.15, 0.2) is 42.5 Å². The van der Waals surface area contributed by atoms with E-state index in [0.717, 1.165) is 5.56 Å². The zero-order valence-corrected chi connectivity index (χ0v) is 12.3. The molecule has 0 atom stereocenters. The second-order valence-corrected chi connectivity index (χ2v) is 5.23. The Labute approximate surface area is 132 Å². The lowest BCUT2D eigenvalue weighted by Gasteiger charge is -2.18. The van der Waals surface area contributed by atoms with Gasteiger partial charge >= 0.3 is 0 Å². The first-order valence-electron chi connectivity index (χ1n) is 7.21. The van der Waals surface area contributed by atoms with E-state index < -0.39 is 5.82 Å². The molecule has 118 valence electrons. The van der Waals surface area contributed by atoms with Crippen LogP contribution in [0.2, 0.25) is 0 Å². The summed E-state index contributed by atoms with van der Waals surface area (Å²) in [6.45, 7) is 0.0163. The SMILES string of the molecule is O=C(CCc1ccc2c(c1)NC(=O)CO2)Nc1cccc(F)c1. The maximum absolute atomic E-state index is 13.1. The summed E-state index contributed by atoms with van der Waals surface area (Å²) in [4.78, 5) is 23.2. The Balaban J connectivity index is 1.59. The maximum atomic E-state index is 13.1. The van der Waals surface area contributed by atoms with Crippen LogP contribution >= 0.6 is 0 Å². The highest BCUT2D eigenvalue weighted by Crippen LogP contribution is 2.28. The Morgan fingerprint density at radius 2 is 2.13 bits per heavy atom. The Hall–Kier alpha value is -2.89. The topological polar surface area (TPSA) is 67.4 Å². The average Bonchev–Trinajstić information content (AvgIpc) is 2.52. The zero-order valence-electron chi connectivity index (χ0n) is 12.3. The minimum Gasteiger partial charge on any atom is -0.482 e. The molecule has 1 aliphatic rings.